The van der Waals surface area contributed by atoms with Gasteiger partial charge in [-0.3, -0.25) is 4.79 Å². The smallest absolute Gasteiger partial charge is 0.252 e. The van der Waals surface area contributed by atoms with Crippen molar-refractivity contribution in [2.24, 2.45) is 5.73 Å². The van der Waals surface area contributed by atoms with Crippen LogP contribution in [-0.4, -0.2) is 43.9 Å². The van der Waals surface area contributed by atoms with Gasteiger partial charge in [-0.25, -0.2) is 0 Å². The van der Waals surface area contributed by atoms with Gasteiger partial charge in [0.05, 0.1) is 25.4 Å². The summed E-state index contributed by atoms with van der Waals surface area (Å²) in [7, 11) is 0. The minimum absolute atomic E-state index is 0.0835. The number of nitrogens with two attached hydrogens (primary N) is 1. The molecule has 1 saturated heterocycles. The zero-order valence-electron chi connectivity index (χ0n) is 8.83. The first-order valence-corrected chi connectivity index (χ1v) is 5.47. The minimum atomic E-state index is -0.456. The van der Waals surface area contributed by atoms with Crippen LogP contribution < -0.4 is 11.1 Å². The first-order chi connectivity index (χ1) is 7.26. The number of hydrogen-bond acceptors (Lipinski definition) is 4. The number of amides is 1. The normalized spacial score (nSPS) is 29.3. The van der Waals surface area contributed by atoms with E-state index in [2.05, 4.69) is 5.32 Å². The van der Waals surface area contributed by atoms with Crippen molar-refractivity contribution in [3.05, 3.63) is 0 Å². The van der Waals surface area contributed by atoms with Crippen LogP contribution >= 0.6 is 0 Å². The average Bonchev–Trinajstić information content (AvgIpc) is 2.24. The monoisotopic (exact) mass is 214 g/mol. The van der Waals surface area contributed by atoms with Crippen LogP contribution in [0.5, 0.6) is 0 Å². The van der Waals surface area contributed by atoms with E-state index in [1.165, 1.54) is 0 Å². The first-order valence-electron chi connectivity index (χ1n) is 5.47. The van der Waals surface area contributed by atoms with Crippen LogP contribution in [0.4, 0.5) is 0 Å². The molecule has 1 aliphatic heterocycles. The number of carbonyl (C=O) groups excluding carboxylic acids is 1. The molecule has 1 atom stereocenters. The van der Waals surface area contributed by atoms with E-state index < -0.39 is 6.10 Å². The summed E-state index contributed by atoms with van der Waals surface area (Å²) < 4.78 is 10.5. The molecule has 0 spiro atoms. The first kappa shape index (κ1) is 10.9. The zero-order chi connectivity index (χ0) is 10.7. The molecule has 0 radical (unpaired) electrons. The third-order valence-corrected chi connectivity index (χ3v) is 3.20. The molecular formula is C10H18N2O3. The molecule has 2 fully saturated rings. The molecule has 1 aliphatic carbocycles. The van der Waals surface area contributed by atoms with Gasteiger partial charge in [0.15, 0.2) is 6.10 Å². The second kappa shape index (κ2) is 4.47. The van der Waals surface area contributed by atoms with Gasteiger partial charge >= 0.3 is 0 Å². The second-order valence-corrected chi connectivity index (χ2v) is 4.26. The van der Waals surface area contributed by atoms with E-state index in [0.29, 0.717) is 26.4 Å². The molecule has 1 heterocycles. The summed E-state index contributed by atoms with van der Waals surface area (Å²) >= 11 is 0. The molecule has 1 unspecified atom stereocenters. The van der Waals surface area contributed by atoms with Gasteiger partial charge in [-0.1, -0.05) is 0 Å². The molecule has 0 bridgehead atoms. The van der Waals surface area contributed by atoms with Gasteiger partial charge < -0.3 is 20.5 Å². The van der Waals surface area contributed by atoms with Crippen LogP contribution in [0.2, 0.25) is 0 Å². The van der Waals surface area contributed by atoms with Crippen LogP contribution in [0.1, 0.15) is 19.3 Å². The second-order valence-electron chi connectivity index (χ2n) is 4.26. The Labute approximate surface area is 89.3 Å². The van der Waals surface area contributed by atoms with Crippen molar-refractivity contribution in [1.29, 1.82) is 0 Å². The Morgan fingerprint density at radius 3 is 2.73 bits per heavy atom. The molecule has 5 nitrogen and oxygen atoms in total. The van der Waals surface area contributed by atoms with E-state index in [-0.39, 0.29) is 11.4 Å². The number of rotatable bonds is 3. The molecule has 2 rings (SSSR count). The zero-order valence-corrected chi connectivity index (χ0v) is 8.83. The van der Waals surface area contributed by atoms with Crippen molar-refractivity contribution in [3.63, 3.8) is 0 Å². The maximum Gasteiger partial charge on any atom is 0.252 e. The highest BCUT2D eigenvalue weighted by Crippen LogP contribution is 2.30. The van der Waals surface area contributed by atoms with Gasteiger partial charge in [0.1, 0.15) is 0 Å². The summed E-state index contributed by atoms with van der Waals surface area (Å²) in [6.07, 6.45) is 2.63. The standard InChI is InChI=1S/C10H18N2O3/c11-7-10(2-1-3-10)12-9(13)8-6-14-4-5-15-8/h8H,1-7,11H2,(H,12,13). The van der Waals surface area contributed by atoms with Gasteiger partial charge in [0.25, 0.3) is 5.91 Å². The maximum absolute atomic E-state index is 11.8. The fourth-order valence-electron chi connectivity index (χ4n) is 1.96. The van der Waals surface area contributed by atoms with Crippen LogP contribution in [0.15, 0.2) is 0 Å². The summed E-state index contributed by atoms with van der Waals surface area (Å²) in [5.74, 6) is -0.0835. The van der Waals surface area contributed by atoms with Crippen LogP contribution in [0.25, 0.3) is 0 Å². The summed E-state index contributed by atoms with van der Waals surface area (Å²) in [6, 6.07) is 0. The highest BCUT2D eigenvalue weighted by Gasteiger charge is 2.38. The van der Waals surface area contributed by atoms with Crippen molar-refractivity contribution < 1.29 is 14.3 Å². The molecule has 1 saturated carbocycles. The van der Waals surface area contributed by atoms with Crippen molar-refractivity contribution in [1.82, 2.24) is 5.32 Å². The quantitative estimate of drug-likeness (QED) is 0.658. The van der Waals surface area contributed by atoms with Gasteiger partial charge in [0.2, 0.25) is 0 Å². The fourth-order valence-corrected chi connectivity index (χ4v) is 1.96. The third-order valence-electron chi connectivity index (χ3n) is 3.20. The topological polar surface area (TPSA) is 73.6 Å². The molecule has 0 aromatic heterocycles. The number of ether oxygens (including phenoxy) is 2. The van der Waals surface area contributed by atoms with E-state index in [0.717, 1.165) is 19.3 Å². The van der Waals surface area contributed by atoms with Crippen molar-refractivity contribution in [2.45, 2.75) is 30.9 Å². The Morgan fingerprint density at radius 1 is 1.47 bits per heavy atom. The summed E-state index contributed by atoms with van der Waals surface area (Å²) in [4.78, 5) is 11.8. The SMILES string of the molecule is NCC1(NC(=O)C2COCCO2)CCC1. The van der Waals surface area contributed by atoms with E-state index >= 15 is 0 Å². The Morgan fingerprint density at radius 2 is 2.27 bits per heavy atom. The predicted octanol–water partition coefficient (Wildman–Crippen LogP) is -0.601. The molecule has 86 valence electrons. The van der Waals surface area contributed by atoms with Crippen molar-refractivity contribution >= 4 is 5.91 Å². The van der Waals surface area contributed by atoms with Gasteiger partial charge in [-0.05, 0) is 19.3 Å². The van der Waals surface area contributed by atoms with Crippen molar-refractivity contribution in [3.8, 4) is 0 Å². The minimum Gasteiger partial charge on any atom is -0.376 e. The molecular weight excluding hydrogens is 196 g/mol. The largest absolute Gasteiger partial charge is 0.376 e. The third kappa shape index (κ3) is 2.30. The molecule has 3 N–H and O–H groups in total. The predicted molar refractivity (Wildman–Crippen MR) is 54.3 cm³/mol. The molecule has 1 amide bonds. The average molecular weight is 214 g/mol. The van der Waals surface area contributed by atoms with Crippen molar-refractivity contribution in [2.75, 3.05) is 26.4 Å². The Balaban J connectivity index is 1.85. The van der Waals surface area contributed by atoms with E-state index in [1.807, 2.05) is 0 Å². The van der Waals surface area contributed by atoms with E-state index in [4.69, 9.17) is 15.2 Å². The van der Waals surface area contributed by atoms with Gasteiger partial charge in [-0.15, -0.1) is 0 Å². The molecule has 5 heteroatoms. The highest BCUT2D eigenvalue weighted by atomic mass is 16.6. The fraction of sp³-hybridized carbons (Fsp3) is 0.900. The Kier molecular flexibility index (Phi) is 3.23. The summed E-state index contributed by atoms with van der Waals surface area (Å²) in [5, 5.41) is 2.98. The number of carbonyl (C=O) groups is 1. The Hall–Kier alpha value is -0.650. The molecule has 15 heavy (non-hydrogen) atoms. The molecule has 0 aromatic rings. The number of nitrogens with one attached hydrogen (secondary N) is 1. The maximum atomic E-state index is 11.8. The lowest BCUT2D eigenvalue weighted by Crippen LogP contribution is -2.61. The lowest BCUT2D eigenvalue weighted by atomic mass is 9.76. The number of hydrogen-bond donors (Lipinski definition) is 2. The van der Waals surface area contributed by atoms with Crippen LogP contribution in [0.3, 0.4) is 0 Å². The summed E-state index contributed by atoms with van der Waals surface area (Å²) in [6.45, 7) is 1.93. The molecule has 2 aliphatic rings. The van der Waals surface area contributed by atoms with E-state index in [9.17, 15) is 4.79 Å². The van der Waals surface area contributed by atoms with Gasteiger partial charge in [0, 0.05) is 6.54 Å². The van der Waals surface area contributed by atoms with E-state index in [1.54, 1.807) is 0 Å². The highest BCUT2D eigenvalue weighted by molar-refractivity contribution is 5.82. The van der Waals surface area contributed by atoms with Gasteiger partial charge in [-0.2, -0.15) is 0 Å². The Bertz CT molecular complexity index is 229. The van der Waals surface area contributed by atoms with Crippen LogP contribution in [-0.2, 0) is 14.3 Å². The van der Waals surface area contributed by atoms with Crippen LogP contribution in [0, 0.1) is 0 Å². The lowest BCUT2D eigenvalue weighted by Gasteiger charge is -2.42. The molecule has 0 aromatic carbocycles. The lowest BCUT2D eigenvalue weighted by molar-refractivity contribution is -0.150. The summed E-state index contributed by atoms with van der Waals surface area (Å²) in [5.41, 5.74) is 5.49.